The molecule has 148 valence electrons. The van der Waals surface area contributed by atoms with Crippen LogP contribution in [0.4, 0.5) is 0 Å². The Balaban J connectivity index is 1.64. The number of nitrogens with zero attached hydrogens (tertiary/aromatic N) is 2. The summed E-state index contributed by atoms with van der Waals surface area (Å²) in [5.74, 6) is 1.92. The number of aryl methyl sites for hydroxylation is 2. The number of hydrogen-bond donors (Lipinski definition) is 0. The predicted octanol–water partition coefficient (Wildman–Crippen LogP) is 4.25. The van der Waals surface area contributed by atoms with Gasteiger partial charge in [0, 0.05) is 12.2 Å². The molecular formula is C20H28N2O3S2. The van der Waals surface area contributed by atoms with Gasteiger partial charge in [0.2, 0.25) is 5.89 Å². The summed E-state index contributed by atoms with van der Waals surface area (Å²) in [4.78, 5) is 0. The fourth-order valence-electron chi connectivity index (χ4n) is 3.45. The van der Waals surface area contributed by atoms with Crippen LogP contribution in [0.3, 0.4) is 0 Å². The van der Waals surface area contributed by atoms with Crippen molar-refractivity contribution in [2.45, 2.75) is 63.9 Å². The average molecular weight is 409 g/mol. The first-order valence-electron chi connectivity index (χ1n) is 9.30. The van der Waals surface area contributed by atoms with E-state index in [4.69, 9.17) is 4.42 Å². The van der Waals surface area contributed by atoms with E-state index >= 15 is 0 Å². The van der Waals surface area contributed by atoms with Gasteiger partial charge in [-0.15, -0.1) is 10.2 Å². The highest BCUT2D eigenvalue weighted by Gasteiger charge is 2.29. The molecule has 3 rings (SSSR count). The normalized spacial score (nSPS) is 19.5. The minimum absolute atomic E-state index is 0.0998. The van der Waals surface area contributed by atoms with Gasteiger partial charge in [0.1, 0.15) is 0 Å². The number of benzene rings is 1. The van der Waals surface area contributed by atoms with Crippen LogP contribution in [0.1, 0.15) is 55.3 Å². The fraction of sp³-hybridized carbons (Fsp3) is 0.600. The molecule has 1 aromatic carbocycles. The minimum atomic E-state index is -2.87. The molecule has 7 heteroatoms. The number of aromatic nitrogens is 2. The Hall–Kier alpha value is -1.34. The van der Waals surface area contributed by atoms with E-state index in [1.165, 1.54) is 34.0 Å². The van der Waals surface area contributed by atoms with Gasteiger partial charge >= 0.3 is 0 Å². The first-order valence-corrected chi connectivity index (χ1v) is 12.1. The molecule has 0 N–H and O–H groups in total. The van der Waals surface area contributed by atoms with Crippen LogP contribution in [-0.2, 0) is 27.4 Å². The van der Waals surface area contributed by atoms with E-state index in [-0.39, 0.29) is 22.8 Å². The van der Waals surface area contributed by atoms with Crippen LogP contribution >= 0.6 is 11.8 Å². The van der Waals surface area contributed by atoms with Gasteiger partial charge < -0.3 is 4.42 Å². The lowest BCUT2D eigenvalue weighted by atomic mass is 9.84. The van der Waals surface area contributed by atoms with Crippen molar-refractivity contribution >= 4 is 21.6 Å². The summed E-state index contributed by atoms with van der Waals surface area (Å²) < 4.78 is 28.9. The maximum Gasteiger partial charge on any atom is 0.276 e. The predicted molar refractivity (Wildman–Crippen MR) is 109 cm³/mol. The minimum Gasteiger partial charge on any atom is -0.416 e. The standard InChI is InChI=1S/C20H28N2O3S2/c1-13-8-16(20(3,4)5)9-14(2)17(13)11-26-19-22-21-18(25-19)10-15-6-7-27(23,24)12-15/h8-9,15H,6-7,10-12H2,1-5H3. The zero-order valence-electron chi connectivity index (χ0n) is 16.7. The Morgan fingerprint density at radius 2 is 1.85 bits per heavy atom. The molecule has 0 saturated carbocycles. The van der Waals surface area contributed by atoms with E-state index in [1.54, 1.807) is 0 Å². The van der Waals surface area contributed by atoms with Gasteiger partial charge in [-0.2, -0.15) is 0 Å². The van der Waals surface area contributed by atoms with E-state index in [1.807, 2.05) is 0 Å². The lowest BCUT2D eigenvalue weighted by Gasteiger charge is -2.22. The largest absolute Gasteiger partial charge is 0.416 e. The van der Waals surface area contributed by atoms with Gasteiger partial charge in [-0.3, -0.25) is 0 Å². The van der Waals surface area contributed by atoms with Crippen LogP contribution < -0.4 is 0 Å². The molecule has 1 atom stereocenters. The van der Waals surface area contributed by atoms with Crippen LogP contribution in [0.5, 0.6) is 0 Å². The molecule has 1 fully saturated rings. The molecule has 27 heavy (non-hydrogen) atoms. The average Bonchev–Trinajstić information content (AvgIpc) is 3.12. The van der Waals surface area contributed by atoms with Crippen molar-refractivity contribution in [2.75, 3.05) is 11.5 Å². The van der Waals surface area contributed by atoms with Crippen LogP contribution in [-0.4, -0.2) is 30.1 Å². The Bertz CT molecular complexity index is 904. The number of hydrogen-bond acceptors (Lipinski definition) is 6. The fourth-order valence-corrected chi connectivity index (χ4v) is 6.29. The second kappa shape index (κ2) is 7.59. The molecule has 1 aromatic heterocycles. The van der Waals surface area contributed by atoms with Crippen molar-refractivity contribution in [3.8, 4) is 0 Å². The Morgan fingerprint density at radius 3 is 2.41 bits per heavy atom. The van der Waals surface area contributed by atoms with Crippen LogP contribution in [0, 0.1) is 19.8 Å². The molecule has 1 aliphatic rings. The van der Waals surface area contributed by atoms with Gasteiger partial charge in [-0.25, -0.2) is 8.42 Å². The van der Waals surface area contributed by atoms with Crippen LogP contribution in [0.2, 0.25) is 0 Å². The summed E-state index contributed by atoms with van der Waals surface area (Å²) in [6.45, 7) is 11.0. The van der Waals surface area contributed by atoms with Crippen LogP contribution in [0.25, 0.3) is 0 Å². The Labute approximate surface area is 166 Å². The summed E-state index contributed by atoms with van der Waals surface area (Å²) in [6, 6.07) is 4.53. The third-order valence-electron chi connectivity index (χ3n) is 5.14. The molecule has 0 radical (unpaired) electrons. The van der Waals surface area contributed by atoms with Crippen LogP contribution in [0.15, 0.2) is 21.8 Å². The molecule has 1 saturated heterocycles. The summed E-state index contributed by atoms with van der Waals surface area (Å²) in [7, 11) is -2.87. The molecular weight excluding hydrogens is 380 g/mol. The second-order valence-electron chi connectivity index (χ2n) is 8.56. The molecule has 1 unspecified atom stereocenters. The maximum absolute atomic E-state index is 11.6. The van der Waals surface area contributed by atoms with Gasteiger partial charge in [-0.1, -0.05) is 44.7 Å². The number of thioether (sulfide) groups is 1. The SMILES string of the molecule is Cc1cc(C(C)(C)C)cc(C)c1CSc1nnc(CC2CCS(=O)(=O)C2)o1. The first-order chi connectivity index (χ1) is 12.5. The second-order valence-corrected chi connectivity index (χ2v) is 11.7. The maximum atomic E-state index is 11.6. The Kier molecular flexibility index (Phi) is 5.73. The van der Waals surface area contributed by atoms with Crippen molar-refractivity contribution in [1.82, 2.24) is 10.2 Å². The smallest absolute Gasteiger partial charge is 0.276 e. The zero-order chi connectivity index (χ0) is 19.8. The number of sulfone groups is 1. The number of rotatable bonds is 5. The van der Waals surface area contributed by atoms with Gasteiger partial charge in [0.25, 0.3) is 5.22 Å². The van der Waals surface area contributed by atoms with E-state index in [9.17, 15) is 8.42 Å². The molecule has 0 aliphatic carbocycles. The van der Waals surface area contributed by atoms with E-state index in [2.05, 4.69) is 56.9 Å². The highest BCUT2D eigenvalue weighted by molar-refractivity contribution is 7.98. The van der Waals surface area contributed by atoms with E-state index in [0.717, 1.165) is 5.75 Å². The third-order valence-corrected chi connectivity index (χ3v) is 7.82. The first kappa shape index (κ1) is 20.4. The van der Waals surface area contributed by atoms with Gasteiger partial charge in [-0.05, 0) is 53.9 Å². The summed E-state index contributed by atoms with van der Waals surface area (Å²) in [5.41, 5.74) is 5.34. The molecule has 0 spiro atoms. The van der Waals surface area contributed by atoms with Gasteiger partial charge in [0.05, 0.1) is 11.5 Å². The molecule has 2 aromatic rings. The topological polar surface area (TPSA) is 73.1 Å². The van der Waals surface area contributed by atoms with E-state index < -0.39 is 9.84 Å². The summed E-state index contributed by atoms with van der Waals surface area (Å²) in [5, 5.41) is 8.77. The van der Waals surface area contributed by atoms with Gasteiger partial charge in [0.15, 0.2) is 9.84 Å². The van der Waals surface area contributed by atoms with E-state index in [0.29, 0.717) is 24.0 Å². The highest BCUT2D eigenvalue weighted by Crippen LogP contribution is 2.31. The summed E-state index contributed by atoms with van der Waals surface area (Å²) >= 11 is 1.54. The van der Waals surface area contributed by atoms with Crippen molar-refractivity contribution in [3.05, 3.63) is 40.3 Å². The van der Waals surface area contributed by atoms with Crippen molar-refractivity contribution < 1.29 is 12.8 Å². The lowest BCUT2D eigenvalue weighted by Crippen LogP contribution is -2.12. The monoisotopic (exact) mass is 408 g/mol. The highest BCUT2D eigenvalue weighted by atomic mass is 32.2. The molecule has 1 aliphatic heterocycles. The molecule has 5 nitrogen and oxygen atoms in total. The zero-order valence-corrected chi connectivity index (χ0v) is 18.3. The van der Waals surface area contributed by atoms with Crippen molar-refractivity contribution in [3.63, 3.8) is 0 Å². The summed E-state index contributed by atoms with van der Waals surface area (Å²) in [6.07, 6.45) is 1.23. The van der Waals surface area contributed by atoms with Crippen molar-refractivity contribution in [1.29, 1.82) is 0 Å². The third kappa shape index (κ3) is 5.13. The quantitative estimate of drug-likeness (QED) is 0.689. The lowest BCUT2D eigenvalue weighted by molar-refractivity contribution is 0.389. The Morgan fingerprint density at radius 1 is 1.19 bits per heavy atom. The molecule has 0 amide bonds. The van der Waals surface area contributed by atoms with Crippen molar-refractivity contribution in [2.24, 2.45) is 5.92 Å². The molecule has 2 heterocycles. The molecule has 0 bridgehead atoms.